The number of carbonyl (C=O) groups excluding carboxylic acids is 3. The smallest absolute Gasteiger partial charge is 0.408 e. The van der Waals surface area contributed by atoms with Crippen molar-refractivity contribution < 1.29 is 19.1 Å². The number of carbonyl (C=O) groups is 3. The van der Waals surface area contributed by atoms with Crippen LogP contribution in [0.1, 0.15) is 64.9 Å². The molecule has 0 aliphatic rings. The molecule has 1 atom stereocenters. The first-order valence-corrected chi connectivity index (χ1v) is 14.9. The Morgan fingerprint density at radius 2 is 1.43 bits per heavy atom. The van der Waals surface area contributed by atoms with Gasteiger partial charge in [0.2, 0.25) is 22.1 Å². The van der Waals surface area contributed by atoms with E-state index in [9.17, 15) is 14.4 Å². The van der Waals surface area contributed by atoms with Gasteiger partial charge in [0.25, 0.3) is 0 Å². The fourth-order valence-electron chi connectivity index (χ4n) is 2.93. The molecule has 1 unspecified atom stereocenters. The third-order valence-corrected chi connectivity index (χ3v) is 7.33. The van der Waals surface area contributed by atoms with Crippen molar-refractivity contribution in [3.63, 3.8) is 0 Å². The van der Waals surface area contributed by atoms with E-state index in [2.05, 4.69) is 36.3 Å². The monoisotopic (exact) mass is 571 g/mol. The maximum absolute atomic E-state index is 12.7. The van der Waals surface area contributed by atoms with Crippen LogP contribution in [0.25, 0.3) is 0 Å². The Morgan fingerprint density at radius 1 is 0.892 bits per heavy atom. The number of hydrogen-bond acceptors (Lipinski definition) is 11. The molecular formula is C23H37N7O4S3. The predicted octanol–water partition coefficient (Wildman–Crippen LogP) is 4.38. The number of ether oxygens (including phenoxy) is 1. The van der Waals surface area contributed by atoms with Crippen molar-refractivity contribution in [2.45, 2.75) is 79.4 Å². The number of alkyl carbamates (subject to hydrolysis) is 1. The van der Waals surface area contributed by atoms with Crippen molar-refractivity contribution in [3.05, 3.63) is 10.0 Å². The Hall–Kier alpha value is -2.32. The summed E-state index contributed by atoms with van der Waals surface area (Å²) in [5.41, 5.74) is -0.654. The highest BCUT2D eigenvalue weighted by molar-refractivity contribution is 7.99. The van der Waals surface area contributed by atoms with Gasteiger partial charge in [-0.05, 0) is 44.1 Å². The Bertz CT molecular complexity index is 1030. The Balaban J connectivity index is 1.73. The Morgan fingerprint density at radius 3 is 1.92 bits per heavy atom. The molecule has 0 saturated heterocycles. The van der Waals surface area contributed by atoms with E-state index in [-0.39, 0.29) is 17.7 Å². The van der Waals surface area contributed by atoms with Crippen molar-refractivity contribution in [3.8, 4) is 0 Å². The van der Waals surface area contributed by atoms with Crippen LogP contribution in [0.5, 0.6) is 0 Å². The summed E-state index contributed by atoms with van der Waals surface area (Å²) < 4.78 is 5.26. The van der Waals surface area contributed by atoms with Crippen LogP contribution in [0.15, 0.2) is 0 Å². The third kappa shape index (κ3) is 12.2. The van der Waals surface area contributed by atoms with Gasteiger partial charge in [-0.15, -0.1) is 20.4 Å². The van der Waals surface area contributed by atoms with E-state index in [1.165, 1.54) is 22.7 Å². The largest absolute Gasteiger partial charge is 0.444 e. The number of anilines is 2. The minimum atomic E-state index is -0.762. The second kappa shape index (κ2) is 14.6. The molecule has 0 spiro atoms. The van der Waals surface area contributed by atoms with Crippen LogP contribution < -0.4 is 16.0 Å². The van der Waals surface area contributed by atoms with Gasteiger partial charge in [0, 0.05) is 19.3 Å². The number of nitrogens with zero attached hydrogens (tertiary/aromatic N) is 4. The summed E-state index contributed by atoms with van der Waals surface area (Å²) in [7, 11) is 0. The van der Waals surface area contributed by atoms with E-state index < -0.39 is 17.7 Å². The van der Waals surface area contributed by atoms with E-state index in [0.29, 0.717) is 29.0 Å². The Kier molecular flexibility index (Phi) is 12.2. The van der Waals surface area contributed by atoms with Gasteiger partial charge in [-0.3, -0.25) is 14.9 Å². The summed E-state index contributed by atoms with van der Waals surface area (Å²) in [5.74, 6) is 1.45. The molecule has 2 aromatic rings. The van der Waals surface area contributed by atoms with Gasteiger partial charge in [-0.25, -0.2) is 4.79 Å². The molecule has 0 bridgehead atoms. The van der Waals surface area contributed by atoms with Gasteiger partial charge >= 0.3 is 6.09 Å². The molecule has 11 nitrogen and oxygen atoms in total. The number of aryl methyl sites for hydroxylation is 2. The van der Waals surface area contributed by atoms with Crippen LogP contribution >= 0.6 is 34.4 Å². The number of aromatic nitrogens is 4. The average Bonchev–Trinajstić information content (AvgIpc) is 3.38. The van der Waals surface area contributed by atoms with Crippen molar-refractivity contribution in [2.75, 3.05) is 22.1 Å². The molecule has 3 amide bonds. The van der Waals surface area contributed by atoms with E-state index in [4.69, 9.17) is 4.74 Å². The van der Waals surface area contributed by atoms with Crippen molar-refractivity contribution in [1.82, 2.24) is 25.7 Å². The molecule has 14 heteroatoms. The predicted molar refractivity (Wildman–Crippen MR) is 149 cm³/mol. The van der Waals surface area contributed by atoms with E-state index >= 15 is 0 Å². The topological polar surface area (TPSA) is 148 Å². The SMILES string of the molecule is CC(C)CC(=O)Nc1nnc(CCSCCc2nnc(NC(=O)C(NC(=O)OC(C)(C)C)C(C)C)s2)s1. The zero-order chi connectivity index (χ0) is 27.6. The lowest BCUT2D eigenvalue weighted by Gasteiger charge is -2.24. The van der Waals surface area contributed by atoms with Gasteiger partial charge < -0.3 is 15.4 Å². The fourth-order valence-corrected chi connectivity index (χ4v) is 5.56. The summed E-state index contributed by atoms with van der Waals surface area (Å²) in [4.78, 5) is 36.7. The van der Waals surface area contributed by atoms with Gasteiger partial charge in [-0.2, -0.15) is 11.8 Å². The molecule has 3 N–H and O–H groups in total. The van der Waals surface area contributed by atoms with Crippen LogP contribution in [-0.4, -0.2) is 61.5 Å². The number of amides is 3. The lowest BCUT2D eigenvalue weighted by atomic mass is 10.0. The molecule has 2 rings (SSSR count). The summed E-state index contributed by atoms with van der Waals surface area (Å²) in [5, 5.41) is 27.2. The zero-order valence-electron chi connectivity index (χ0n) is 22.4. The number of hydrogen-bond donors (Lipinski definition) is 3. The van der Waals surface area contributed by atoms with Gasteiger partial charge in [-0.1, -0.05) is 50.4 Å². The lowest BCUT2D eigenvalue weighted by Crippen LogP contribution is -2.48. The first kappa shape index (κ1) is 30.9. The number of rotatable bonds is 13. The second-order valence-electron chi connectivity index (χ2n) is 10.1. The van der Waals surface area contributed by atoms with Crippen LogP contribution in [0, 0.1) is 11.8 Å². The summed E-state index contributed by atoms with van der Waals surface area (Å²) in [6.45, 7) is 13.0. The first-order valence-electron chi connectivity index (χ1n) is 12.1. The minimum Gasteiger partial charge on any atom is -0.444 e. The minimum absolute atomic E-state index is 0.0429. The van der Waals surface area contributed by atoms with E-state index in [1.54, 1.807) is 32.5 Å². The van der Waals surface area contributed by atoms with Gasteiger partial charge in [0.15, 0.2) is 0 Å². The second-order valence-corrected chi connectivity index (χ2v) is 13.5. The summed E-state index contributed by atoms with van der Waals surface area (Å²) >= 11 is 4.47. The molecule has 206 valence electrons. The molecule has 2 heterocycles. The molecule has 37 heavy (non-hydrogen) atoms. The lowest BCUT2D eigenvalue weighted by molar-refractivity contribution is -0.119. The van der Waals surface area contributed by atoms with Gasteiger partial charge in [0.1, 0.15) is 21.7 Å². The van der Waals surface area contributed by atoms with E-state index in [1.807, 2.05) is 27.7 Å². The molecule has 0 radical (unpaired) electrons. The maximum Gasteiger partial charge on any atom is 0.408 e. The maximum atomic E-state index is 12.7. The van der Waals surface area contributed by atoms with Crippen LogP contribution in [0.4, 0.5) is 15.1 Å². The Labute approximate surface area is 230 Å². The summed E-state index contributed by atoms with van der Waals surface area (Å²) in [6, 6.07) is -0.762. The van der Waals surface area contributed by atoms with Crippen LogP contribution in [-0.2, 0) is 27.2 Å². The standard InChI is InChI=1S/C23H37N7O4S3/c1-13(2)12-15(31)24-20-29-27-16(36-20)8-10-35-11-9-17-28-30-21(37-17)26-19(32)18(14(3)4)25-22(33)34-23(5,6)7/h13-14,18H,8-12H2,1-7H3,(H,25,33)(H,24,29,31)(H,26,30,32). The highest BCUT2D eigenvalue weighted by atomic mass is 32.2. The summed E-state index contributed by atoms with van der Waals surface area (Å²) in [6.07, 6.45) is 1.30. The molecule has 2 aromatic heterocycles. The zero-order valence-corrected chi connectivity index (χ0v) is 24.9. The molecule has 0 aromatic carbocycles. The third-order valence-electron chi connectivity index (χ3n) is 4.55. The highest BCUT2D eigenvalue weighted by Gasteiger charge is 2.27. The van der Waals surface area contributed by atoms with Crippen molar-refractivity contribution >= 4 is 62.6 Å². The molecular weight excluding hydrogens is 534 g/mol. The average molecular weight is 572 g/mol. The van der Waals surface area contributed by atoms with Crippen LogP contribution in [0.2, 0.25) is 0 Å². The number of nitrogens with one attached hydrogen (secondary N) is 3. The van der Waals surface area contributed by atoms with Crippen molar-refractivity contribution in [2.24, 2.45) is 11.8 Å². The first-order chi connectivity index (χ1) is 17.3. The van der Waals surface area contributed by atoms with Crippen molar-refractivity contribution in [1.29, 1.82) is 0 Å². The van der Waals surface area contributed by atoms with E-state index in [0.717, 1.165) is 27.9 Å². The van der Waals surface area contributed by atoms with Crippen LogP contribution in [0.3, 0.4) is 0 Å². The molecule has 0 saturated carbocycles. The number of thioether (sulfide) groups is 1. The highest BCUT2D eigenvalue weighted by Crippen LogP contribution is 2.21. The fraction of sp³-hybridized carbons (Fsp3) is 0.696. The molecule has 0 fully saturated rings. The normalized spacial score (nSPS) is 12.5. The molecule has 0 aliphatic heterocycles. The van der Waals surface area contributed by atoms with Gasteiger partial charge in [0.05, 0.1) is 0 Å². The quantitative estimate of drug-likeness (QED) is 0.298. The molecule has 0 aliphatic carbocycles.